The average Bonchev–Trinajstić information content (AvgIpc) is 2.89. The number of para-hydroxylation sites is 1. The number of hydrogen-bond acceptors (Lipinski definition) is 2. The van der Waals surface area contributed by atoms with Crippen LogP contribution in [0.15, 0.2) is 45.6 Å². The SMILES string of the molecule is CCc1cc(C=Cc2cc3ccccc3o2)c(=O)[nH]c1C. The number of furan rings is 1. The summed E-state index contributed by atoms with van der Waals surface area (Å²) in [5.74, 6) is 0.745. The second-order valence-electron chi connectivity index (χ2n) is 5.08. The van der Waals surface area contributed by atoms with Gasteiger partial charge in [-0.2, -0.15) is 0 Å². The molecule has 0 aliphatic heterocycles. The number of fused-ring (bicyclic) bond motifs is 1. The van der Waals surface area contributed by atoms with Crippen molar-refractivity contribution in [3.8, 4) is 0 Å². The predicted octanol–water partition coefficient (Wildman–Crippen LogP) is 4.16. The van der Waals surface area contributed by atoms with E-state index in [0.717, 1.165) is 34.4 Å². The van der Waals surface area contributed by atoms with E-state index in [-0.39, 0.29) is 5.56 Å². The van der Waals surface area contributed by atoms with Gasteiger partial charge in [0.1, 0.15) is 11.3 Å². The Kier molecular flexibility index (Phi) is 3.48. The monoisotopic (exact) mass is 279 g/mol. The van der Waals surface area contributed by atoms with Crippen molar-refractivity contribution in [3.63, 3.8) is 0 Å². The molecule has 3 rings (SSSR count). The maximum absolute atomic E-state index is 12.0. The van der Waals surface area contributed by atoms with Crippen molar-refractivity contribution in [2.75, 3.05) is 0 Å². The van der Waals surface area contributed by atoms with Crippen LogP contribution in [0.4, 0.5) is 0 Å². The molecule has 0 aliphatic rings. The van der Waals surface area contributed by atoms with Crippen molar-refractivity contribution >= 4 is 23.1 Å². The number of rotatable bonds is 3. The van der Waals surface area contributed by atoms with E-state index in [0.29, 0.717) is 5.56 Å². The number of benzene rings is 1. The van der Waals surface area contributed by atoms with E-state index >= 15 is 0 Å². The predicted molar refractivity (Wildman–Crippen MR) is 86.3 cm³/mol. The Balaban J connectivity index is 1.97. The molecule has 3 aromatic rings. The first-order valence-electron chi connectivity index (χ1n) is 7.07. The normalized spacial score (nSPS) is 11.5. The molecular formula is C18H17NO2. The van der Waals surface area contributed by atoms with Crippen LogP contribution in [0.25, 0.3) is 23.1 Å². The summed E-state index contributed by atoms with van der Waals surface area (Å²) >= 11 is 0. The molecule has 3 heteroatoms. The summed E-state index contributed by atoms with van der Waals surface area (Å²) in [5.41, 5.74) is 3.52. The van der Waals surface area contributed by atoms with Gasteiger partial charge in [-0.3, -0.25) is 4.79 Å². The molecule has 0 spiro atoms. The molecule has 0 saturated carbocycles. The minimum Gasteiger partial charge on any atom is -0.457 e. The lowest BCUT2D eigenvalue weighted by molar-refractivity contribution is 0.604. The molecule has 1 aromatic carbocycles. The fraction of sp³-hybridized carbons (Fsp3) is 0.167. The third-order valence-electron chi connectivity index (χ3n) is 3.63. The molecule has 21 heavy (non-hydrogen) atoms. The van der Waals surface area contributed by atoms with Gasteiger partial charge in [0, 0.05) is 16.6 Å². The number of aromatic nitrogens is 1. The van der Waals surface area contributed by atoms with Crippen LogP contribution in [0.3, 0.4) is 0 Å². The first-order valence-corrected chi connectivity index (χ1v) is 7.07. The number of nitrogens with one attached hydrogen (secondary N) is 1. The maximum atomic E-state index is 12.0. The molecule has 0 saturated heterocycles. The lowest BCUT2D eigenvalue weighted by Crippen LogP contribution is -2.12. The Morgan fingerprint density at radius 3 is 2.76 bits per heavy atom. The number of aromatic amines is 1. The standard InChI is InChI=1S/C18H17NO2/c1-3-13-10-15(18(20)19-12(13)2)8-9-16-11-14-6-4-5-7-17(14)21-16/h4-11H,3H2,1-2H3,(H,19,20). The zero-order valence-corrected chi connectivity index (χ0v) is 12.1. The Labute approximate surface area is 122 Å². The topological polar surface area (TPSA) is 46.0 Å². The number of aryl methyl sites for hydroxylation is 2. The molecular weight excluding hydrogens is 262 g/mol. The molecule has 0 unspecified atom stereocenters. The van der Waals surface area contributed by atoms with Crippen LogP contribution in [0.2, 0.25) is 0 Å². The molecule has 0 radical (unpaired) electrons. The highest BCUT2D eigenvalue weighted by atomic mass is 16.3. The van der Waals surface area contributed by atoms with Crippen LogP contribution in [0.1, 0.15) is 29.5 Å². The summed E-state index contributed by atoms with van der Waals surface area (Å²) in [6, 6.07) is 11.8. The fourth-order valence-electron chi connectivity index (χ4n) is 2.43. The Hall–Kier alpha value is -2.55. The molecule has 3 nitrogen and oxygen atoms in total. The van der Waals surface area contributed by atoms with Crippen LogP contribution in [0, 0.1) is 6.92 Å². The van der Waals surface area contributed by atoms with Crippen LogP contribution in [-0.4, -0.2) is 4.98 Å². The van der Waals surface area contributed by atoms with Crippen LogP contribution in [-0.2, 0) is 6.42 Å². The molecule has 0 aliphatic carbocycles. The highest BCUT2D eigenvalue weighted by Crippen LogP contribution is 2.20. The quantitative estimate of drug-likeness (QED) is 0.782. The first kappa shape index (κ1) is 13.4. The van der Waals surface area contributed by atoms with Crippen LogP contribution >= 0.6 is 0 Å². The molecule has 1 N–H and O–H groups in total. The maximum Gasteiger partial charge on any atom is 0.255 e. The third-order valence-corrected chi connectivity index (χ3v) is 3.63. The molecule has 106 valence electrons. The second-order valence-corrected chi connectivity index (χ2v) is 5.08. The van der Waals surface area contributed by atoms with Crippen molar-refractivity contribution in [3.05, 3.63) is 69.3 Å². The number of pyridine rings is 1. The fourth-order valence-corrected chi connectivity index (χ4v) is 2.43. The summed E-state index contributed by atoms with van der Waals surface area (Å²) in [7, 11) is 0. The summed E-state index contributed by atoms with van der Waals surface area (Å²) in [6.45, 7) is 4.00. The molecule has 0 bridgehead atoms. The molecule has 0 amide bonds. The van der Waals surface area contributed by atoms with E-state index in [1.54, 1.807) is 6.08 Å². The van der Waals surface area contributed by atoms with E-state index in [1.807, 2.05) is 49.4 Å². The lowest BCUT2D eigenvalue weighted by atomic mass is 10.1. The zero-order valence-electron chi connectivity index (χ0n) is 12.1. The van der Waals surface area contributed by atoms with Gasteiger partial charge in [-0.15, -0.1) is 0 Å². The van der Waals surface area contributed by atoms with Gasteiger partial charge in [0.25, 0.3) is 5.56 Å². The molecule has 0 fully saturated rings. The molecule has 2 heterocycles. The Morgan fingerprint density at radius 1 is 1.19 bits per heavy atom. The smallest absolute Gasteiger partial charge is 0.255 e. The highest BCUT2D eigenvalue weighted by molar-refractivity contribution is 5.81. The lowest BCUT2D eigenvalue weighted by Gasteiger charge is -2.03. The van der Waals surface area contributed by atoms with E-state index in [2.05, 4.69) is 11.9 Å². The van der Waals surface area contributed by atoms with Gasteiger partial charge in [0.15, 0.2) is 0 Å². The largest absolute Gasteiger partial charge is 0.457 e. The van der Waals surface area contributed by atoms with Crippen molar-refractivity contribution < 1.29 is 4.42 Å². The Morgan fingerprint density at radius 2 is 2.00 bits per heavy atom. The summed E-state index contributed by atoms with van der Waals surface area (Å²) in [4.78, 5) is 14.8. The minimum absolute atomic E-state index is 0.0722. The van der Waals surface area contributed by atoms with Gasteiger partial charge in [-0.1, -0.05) is 25.1 Å². The van der Waals surface area contributed by atoms with Crippen molar-refractivity contribution in [2.45, 2.75) is 20.3 Å². The summed E-state index contributed by atoms with van der Waals surface area (Å²) < 4.78 is 5.71. The number of H-pyrrole nitrogens is 1. The number of hydrogen-bond donors (Lipinski definition) is 1. The van der Waals surface area contributed by atoms with Gasteiger partial charge in [0.05, 0.1) is 0 Å². The zero-order chi connectivity index (χ0) is 14.8. The summed E-state index contributed by atoms with van der Waals surface area (Å²) in [6.07, 6.45) is 4.53. The van der Waals surface area contributed by atoms with E-state index in [1.165, 1.54) is 0 Å². The van der Waals surface area contributed by atoms with Crippen LogP contribution in [0.5, 0.6) is 0 Å². The van der Waals surface area contributed by atoms with E-state index in [9.17, 15) is 4.79 Å². The van der Waals surface area contributed by atoms with Crippen molar-refractivity contribution in [1.29, 1.82) is 0 Å². The van der Waals surface area contributed by atoms with Crippen molar-refractivity contribution in [1.82, 2.24) is 4.98 Å². The van der Waals surface area contributed by atoms with Crippen molar-refractivity contribution in [2.24, 2.45) is 0 Å². The average molecular weight is 279 g/mol. The van der Waals surface area contributed by atoms with Gasteiger partial charge in [0.2, 0.25) is 0 Å². The first-order chi connectivity index (χ1) is 10.2. The Bertz CT molecular complexity index is 835. The second kappa shape index (κ2) is 5.44. The van der Waals surface area contributed by atoms with Gasteiger partial charge < -0.3 is 9.40 Å². The summed E-state index contributed by atoms with van der Waals surface area (Å²) in [5, 5.41) is 1.06. The van der Waals surface area contributed by atoms with Crippen LogP contribution < -0.4 is 5.56 Å². The van der Waals surface area contributed by atoms with Gasteiger partial charge in [-0.05, 0) is 49.3 Å². The molecule has 2 aromatic heterocycles. The molecule has 0 atom stereocenters. The minimum atomic E-state index is -0.0722. The van der Waals surface area contributed by atoms with Gasteiger partial charge >= 0.3 is 0 Å². The van der Waals surface area contributed by atoms with Gasteiger partial charge in [-0.25, -0.2) is 0 Å². The van der Waals surface area contributed by atoms with E-state index in [4.69, 9.17) is 4.42 Å². The third kappa shape index (κ3) is 2.68. The van der Waals surface area contributed by atoms with E-state index < -0.39 is 0 Å². The highest BCUT2D eigenvalue weighted by Gasteiger charge is 2.03.